The van der Waals surface area contributed by atoms with Crippen LogP contribution in [0.3, 0.4) is 0 Å². The zero-order valence-electron chi connectivity index (χ0n) is 21.9. The molecule has 12 heteroatoms. The summed E-state index contributed by atoms with van der Waals surface area (Å²) in [6.45, 7) is 3.64. The van der Waals surface area contributed by atoms with Crippen LogP contribution in [0.5, 0.6) is 5.75 Å². The summed E-state index contributed by atoms with van der Waals surface area (Å²) in [4.78, 5) is 16.2. The van der Waals surface area contributed by atoms with E-state index in [-0.39, 0.29) is 17.4 Å². The minimum atomic E-state index is -4.03. The van der Waals surface area contributed by atoms with E-state index in [2.05, 4.69) is 25.3 Å². The number of aliphatic carboxylic acids is 1. The highest BCUT2D eigenvalue weighted by Crippen LogP contribution is 2.35. The van der Waals surface area contributed by atoms with Gasteiger partial charge >= 0.3 is 5.97 Å². The van der Waals surface area contributed by atoms with E-state index in [0.29, 0.717) is 31.8 Å². The molecule has 0 amide bonds. The standard InChI is InChI=1S/C28H30N6O5S/c1-19-5-8-23(9-6-19)40(37,38)32-25(28(35)36)15-22-18-34(33-31-22)26-11-13-39-27-14-20(7-10-24(26)27)16-29-17-21-4-2-3-12-30-21/h2-10,12,14,18,25-26,29,32H,11,13,15-17H2,1H3,(H,35,36)/t25-,26?/m1/s1. The number of carboxylic acid groups (broad SMARTS) is 1. The van der Waals surface area contributed by atoms with E-state index in [1.54, 1.807) is 29.2 Å². The Morgan fingerprint density at radius 3 is 2.70 bits per heavy atom. The Kier molecular flexibility index (Phi) is 8.19. The van der Waals surface area contributed by atoms with Gasteiger partial charge in [-0.25, -0.2) is 13.1 Å². The van der Waals surface area contributed by atoms with Crippen LogP contribution in [-0.2, 0) is 34.3 Å². The number of pyridine rings is 1. The fraction of sp³-hybridized carbons (Fsp3) is 0.286. The maximum absolute atomic E-state index is 12.8. The SMILES string of the molecule is Cc1ccc(S(=O)(=O)N[C@H](Cc2cn(C3CCOc4cc(CNCc5ccccn5)ccc43)nn2)C(=O)O)cc1. The molecule has 0 radical (unpaired) electrons. The lowest BCUT2D eigenvalue weighted by Gasteiger charge is -2.26. The average Bonchev–Trinajstić information content (AvgIpc) is 3.41. The van der Waals surface area contributed by atoms with Gasteiger partial charge in [-0.2, -0.15) is 4.72 Å². The predicted octanol–water partition coefficient (Wildman–Crippen LogP) is 2.62. The second-order valence-electron chi connectivity index (χ2n) is 9.67. The Balaban J connectivity index is 1.25. The van der Waals surface area contributed by atoms with Crippen molar-refractivity contribution in [1.82, 2.24) is 30.0 Å². The minimum Gasteiger partial charge on any atom is -0.493 e. The fourth-order valence-corrected chi connectivity index (χ4v) is 5.75. The highest BCUT2D eigenvalue weighted by Gasteiger charge is 2.28. The topological polar surface area (TPSA) is 148 Å². The van der Waals surface area contributed by atoms with Gasteiger partial charge < -0.3 is 15.2 Å². The summed E-state index contributed by atoms with van der Waals surface area (Å²) in [7, 11) is -4.03. The van der Waals surface area contributed by atoms with Gasteiger partial charge in [-0.05, 0) is 42.8 Å². The first kappa shape index (κ1) is 27.4. The molecule has 3 heterocycles. The summed E-state index contributed by atoms with van der Waals surface area (Å²) in [5.41, 5.74) is 4.24. The maximum Gasteiger partial charge on any atom is 0.322 e. The van der Waals surface area contributed by atoms with Gasteiger partial charge in [-0.15, -0.1) is 5.10 Å². The molecular formula is C28H30N6O5S. The molecule has 0 fully saturated rings. The van der Waals surface area contributed by atoms with Gasteiger partial charge in [-0.1, -0.05) is 41.1 Å². The molecule has 0 saturated heterocycles. The first-order chi connectivity index (χ1) is 19.3. The molecule has 1 unspecified atom stereocenters. The molecule has 4 aromatic rings. The van der Waals surface area contributed by atoms with Gasteiger partial charge in [0.2, 0.25) is 10.0 Å². The number of ether oxygens (including phenoxy) is 1. The molecule has 2 aromatic carbocycles. The van der Waals surface area contributed by atoms with Gasteiger partial charge in [0.25, 0.3) is 0 Å². The number of nitrogens with one attached hydrogen (secondary N) is 2. The van der Waals surface area contributed by atoms with Crippen molar-refractivity contribution in [3.8, 4) is 5.75 Å². The summed E-state index contributed by atoms with van der Waals surface area (Å²) in [5, 5.41) is 21.5. The highest BCUT2D eigenvalue weighted by atomic mass is 32.2. The second kappa shape index (κ2) is 11.9. The molecule has 0 bridgehead atoms. The van der Waals surface area contributed by atoms with Crippen LogP contribution in [0.15, 0.2) is 78.0 Å². The number of carbonyl (C=O) groups is 1. The molecule has 0 spiro atoms. The Labute approximate surface area is 232 Å². The average molecular weight is 563 g/mol. The van der Waals surface area contributed by atoms with Crippen LogP contribution < -0.4 is 14.8 Å². The lowest BCUT2D eigenvalue weighted by molar-refractivity contribution is -0.138. The number of hydrogen-bond donors (Lipinski definition) is 3. The van der Waals surface area contributed by atoms with Crippen LogP contribution >= 0.6 is 0 Å². The number of hydrogen-bond acceptors (Lipinski definition) is 8. The van der Waals surface area contributed by atoms with Crippen molar-refractivity contribution < 1.29 is 23.1 Å². The summed E-state index contributed by atoms with van der Waals surface area (Å²) < 4.78 is 35.4. The largest absolute Gasteiger partial charge is 0.493 e. The zero-order valence-corrected chi connectivity index (χ0v) is 22.7. The third-order valence-corrected chi connectivity index (χ3v) is 8.15. The predicted molar refractivity (Wildman–Crippen MR) is 146 cm³/mol. The number of benzene rings is 2. The van der Waals surface area contributed by atoms with Crippen molar-refractivity contribution in [2.24, 2.45) is 0 Å². The van der Waals surface area contributed by atoms with Gasteiger partial charge in [0.15, 0.2) is 0 Å². The third-order valence-electron chi connectivity index (χ3n) is 6.66. The normalized spacial score (nSPS) is 15.7. The molecular weight excluding hydrogens is 532 g/mol. The third kappa shape index (κ3) is 6.53. The molecule has 1 aliphatic rings. The molecule has 5 rings (SSSR count). The molecule has 2 atom stereocenters. The molecule has 3 N–H and O–H groups in total. The number of nitrogens with zero attached hydrogens (tertiary/aromatic N) is 4. The Bertz CT molecular complexity index is 1570. The van der Waals surface area contributed by atoms with Gasteiger partial charge in [0.05, 0.1) is 28.9 Å². The molecule has 2 aromatic heterocycles. The van der Waals surface area contributed by atoms with Crippen molar-refractivity contribution in [3.05, 3.63) is 101 Å². The summed E-state index contributed by atoms with van der Waals surface area (Å²) >= 11 is 0. The van der Waals surface area contributed by atoms with E-state index in [1.165, 1.54) is 12.1 Å². The summed E-state index contributed by atoms with van der Waals surface area (Å²) in [6.07, 6.45) is 3.94. The number of carboxylic acids is 1. The lowest BCUT2D eigenvalue weighted by Crippen LogP contribution is -2.42. The number of aryl methyl sites for hydroxylation is 1. The quantitative estimate of drug-likeness (QED) is 0.251. The maximum atomic E-state index is 12.8. The number of sulfonamides is 1. The van der Waals surface area contributed by atoms with Crippen molar-refractivity contribution in [2.75, 3.05) is 6.61 Å². The molecule has 208 valence electrons. The number of fused-ring (bicyclic) bond motifs is 1. The molecule has 0 saturated carbocycles. The van der Waals surface area contributed by atoms with E-state index in [4.69, 9.17) is 4.74 Å². The van der Waals surface area contributed by atoms with Crippen LogP contribution in [-0.4, -0.2) is 52.1 Å². The Morgan fingerprint density at radius 1 is 1.12 bits per heavy atom. The van der Waals surface area contributed by atoms with Crippen molar-refractivity contribution >= 4 is 16.0 Å². The number of aromatic nitrogens is 4. The van der Waals surface area contributed by atoms with E-state index >= 15 is 0 Å². The fourth-order valence-electron chi connectivity index (χ4n) is 4.56. The molecule has 11 nitrogen and oxygen atoms in total. The zero-order chi connectivity index (χ0) is 28.1. The monoisotopic (exact) mass is 562 g/mol. The Morgan fingerprint density at radius 2 is 1.95 bits per heavy atom. The minimum absolute atomic E-state index is 0.00174. The lowest BCUT2D eigenvalue weighted by atomic mass is 9.99. The van der Waals surface area contributed by atoms with Crippen LogP contribution in [0, 0.1) is 6.92 Å². The van der Waals surface area contributed by atoms with Crippen molar-refractivity contribution in [1.29, 1.82) is 0 Å². The van der Waals surface area contributed by atoms with Crippen LogP contribution in [0.4, 0.5) is 0 Å². The van der Waals surface area contributed by atoms with E-state index < -0.39 is 22.0 Å². The van der Waals surface area contributed by atoms with E-state index in [9.17, 15) is 18.3 Å². The summed E-state index contributed by atoms with van der Waals surface area (Å²) in [5.74, 6) is -0.537. The molecule has 0 aliphatic carbocycles. The van der Waals surface area contributed by atoms with Gasteiger partial charge in [-0.3, -0.25) is 9.78 Å². The molecule has 1 aliphatic heterocycles. The first-order valence-corrected chi connectivity index (χ1v) is 14.4. The summed E-state index contributed by atoms with van der Waals surface area (Å²) in [6, 6.07) is 16.5. The van der Waals surface area contributed by atoms with Crippen LogP contribution in [0.2, 0.25) is 0 Å². The molecule has 40 heavy (non-hydrogen) atoms. The smallest absolute Gasteiger partial charge is 0.322 e. The van der Waals surface area contributed by atoms with Crippen molar-refractivity contribution in [3.63, 3.8) is 0 Å². The van der Waals surface area contributed by atoms with Crippen LogP contribution in [0.25, 0.3) is 0 Å². The first-order valence-electron chi connectivity index (χ1n) is 12.9. The van der Waals surface area contributed by atoms with Crippen LogP contribution in [0.1, 0.15) is 40.5 Å². The van der Waals surface area contributed by atoms with E-state index in [0.717, 1.165) is 28.1 Å². The van der Waals surface area contributed by atoms with Gasteiger partial charge in [0.1, 0.15) is 11.8 Å². The van der Waals surface area contributed by atoms with E-state index in [1.807, 2.05) is 43.3 Å². The Hall–Kier alpha value is -4.13. The second-order valence-corrected chi connectivity index (χ2v) is 11.4. The number of rotatable bonds is 11. The van der Waals surface area contributed by atoms with Gasteiger partial charge in [0, 0.05) is 43.9 Å². The van der Waals surface area contributed by atoms with Crippen molar-refractivity contribution in [2.45, 2.75) is 49.8 Å². The highest BCUT2D eigenvalue weighted by molar-refractivity contribution is 7.89.